The molecule has 0 atom stereocenters. The molecule has 1 aliphatic heterocycles. The van der Waals surface area contributed by atoms with Crippen LogP contribution in [0.4, 0.5) is 4.39 Å². The summed E-state index contributed by atoms with van der Waals surface area (Å²) in [5.74, 6) is 1.30. The van der Waals surface area contributed by atoms with Crippen molar-refractivity contribution >= 4 is 12.4 Å². The van der Waals surface area contributed by atoms with Crippen LogP contribution in [0.5, 0.6) is 5.75 Å². The van der Waals surface area contributed by atoms with Crippen LogP contribution in [0.15, 0.2) is 54.6 Å². The molecule has 2 aromatic carbocycles. The predicted octanol–water partition coefficient (Wildman–Crippen LogP) is 5.36. The van der Waals surface area contributed by atoms with Crippen molar-refractivity contribution in [1.82, 2.24) is 4.90 Å². The number of likely N-dealkylation sites (tertiary alicyclic amines) is 1. The molecule has 0 bridgehead atoms. The van der Waals surface area contributed by atoms with Crippen LogP contribution in [0, 0.1) is 11.7 Å². The third kappa shape index (κ3) is 6.97. The van der Waals surface area contributed by atoms with Crippen LogP contribution in [-0.2, 0) is 6.42 Å². The number of benzene rings is 2. The first-order chi connectivity index (χ1) is 12.3. The summed E-state index contributed by atoms with van der Waals surface area (Å²) >= 11 is 0. The standard InChI is InChI=1S/C22H28FNO.ClH/c23-21-8-10-22(11-9-21)25-18-14-20-12-16-24(17-13-20)15-4-7-19-5-2-1-3-6-19;/h1-3,5-6,8-11,20H,4,7,12-18H2;1H. The monoisotopic (exact) mass is 377 g/mol. The number of hydrogen-bond acceptors (Lipinski definition) is 2. The van der Waals surface area contributed by atoms with Crippen molar-refractivity contribution in [3.05, 3.63) is 66.0 Å². The molecule has 1 fully saturated rings. The number of hydrogen-bond donors (Lipinski definition) is 0. The highest BCUT2D eigenvalue weighted by molar-refractivity contribution is 5.85. The van der Waals surface area contributed by atoms with E-state index >= 15 is 0 Å². The Kier molecular flexibility index (Phi) is 8.93. The molecular formula is C22H29ClFNO. The Morgan fingerprint density at radius 2 is 1.65 bits per heavy atom. The first kappa shape index (κ1) is 20.7. The van der Waals surface area contributed by atoms with E-state index < -0.39 is 0 Å². The van der Waals surface area contributed by atoms with Gasteiger partial charge < -0.3 is 9.64 Å². The van der Waals surface area contributed by atoms with Crippen LogP contribution < -0.4 is 4.74 Å². The third-order valence-electron chi connectivity index (χ3n) is 5.10. The molecule has 0 amide bonds. The number of nitrogens with zero attached hydrogens (tertiary/aromatic N) is 1. The highest BCUT2D eigenvalue weighted by Crippen LogP contribution is 2.21. The molecule has 26 heavy (non-hydrogen) atoms. The Hall–Kier alpha value is -1.58. The second kappa shape index (κ2) is 11.2. The molecule has 0 unspecified atom stereocenters. The van der Waals surface area contributed by atoms with Crippen molar-refractivity contribution in [1.29, 1.82) is 0 Å². The molecule has 0 saturated carbocycles. The minimum absolute atomic E-state index is 0. The zero-order chi connectivity index (χ0) is 17.3. The van der Waals surface area contributed by atoms with Crippen LogP contribution in [0.2, 0.25) is 0 Å². The third-order valence-corrected chi connectivity index (χ3v) is 5.10. The van der Waals surface area contributed by atoms with Crippen LogP contribution in [0.1, 0.15) is 31.2 Å². The van der Waals surface area contributed by atoms with Crippen LogP contribution >= 0.6 is 12.4 Å². The van der Waals surface area contributed by atoms with E-state index in [0.717, 1.165) is 24.7 Å². The fourth-order valence-corrected chi connectivity index (χ4v) is 3.52. The lowest BCUT2D eigenvalue weighted by Gasteiger charge is -2.32. The first-order valence-corrected chi connectivity index (χ1v) is 9.44. The van der Waals surface area contributed by atoms with Crippen molar-refractivity contribution < 1.29 is 9.13 Å². The molecule has 1 aliphatic rings. The fourth-order valence-electron chi connectivity index (χ4n) is 3.52. The van der Waals surface area contributed by atoms with Crippen LogP contribution in [0.3, 0.4) is 0 Å². The number of ether oxygens (including phenoxy) is 1. The fraction of sp³-hybridized carbons (Fsp3) is 0.455. The second-order valence-electron chi connectivity index (χ2n) is 6.97. The lowest BCUT2D eigenvalue weighted by Crippen LogP contribution is -2.35. The van der Waals surface area contributed by atoms with E-state index in [1.807, 2.05) is 0 Å². The molecule has 0 aromatic heterocycles. The van der Waals surface area contributed by atoms with Gasteiger partial charge in [0, 0.05) is 0 Å². The molecule has 0 N–H and O–H groups in total. The highest BCUT2D eigenvalue weighted by Gasteiger charge is 2.18. The summed E-state index contributed by atoms with van der Waals surface area (Å²) in [4.78, 5) is 2.60. The average Bonchev–Trinajstić information content (AvgIpc) is 2.66. The molecule has 1 heterocycles. The first-order valence-electron chi connectivity index (χ1n) is 9.44. The summed E-state index contributed by atoms with van der Waals surface area (Å²) in [6.45, 7) is 4.34. The van der Waals surface area contributed by atoms with Crippen molar-refractivity contribution in [3.63, 3.8) is 0 Å². The molecule has 0 spiro atoms. The van der Waals surface area contributed by atoms with Gasteiger partial charge in [0.15, 0.2) is 0 Å². The lowest BCUT2D eigenvalue weighted by atomic mass is 9.94. The lowest BCUT2D eigenvalue weighted by molar-refractivity contribution is 0.162. The maximum Gasteiger partial charge on any atom is 0.123 e. The van der Waals surface area contributed by atoms with E-state index in [-0.39, 0.29) is 18.2 Å². The molecule has 0 aliphatic carbocycles. The van der Waals surface area contributed by atoms with E-state index in [2.05, 4.69) is 35.2 Å². The van der Waals surface area contributed by atoms with E-state index in [0.29, 0.717) is 0 Å². The Balaban J connectivity index is 0.00000243. The topological polar surface area (TPSA) is 12.5 Å². The summed E-state index contributed by atoms with van der Waals surface area (Å²) in [5, 5.41) is 0. The van der Waals surface area contributed by atoms with Gasteiger partial charge in [-0.1, -0.05) is 30.3 Å². The van der Waals surface area contributed by atoms with Gasteiger partial charge in [0.1, 0.15) is 11.6 Å². The van der Waals surface area contributed by atoms with Gasteiger partial charge in [0.05, 0.1) is 6.61 Å². The van der Waals surface area contributed by atoms with Gasteiger partial charge >= 0.3 is 0 Å². The number of aryl methyl sites for hydroxylation is 1. The SMILES string of the molecule is Cl.Fc1ccc(OCCC2CCN(CCCc3ccccc3)CC2)cc1. The Morgan fingerprint density at radius 3 is 2.35 bits per heavy atom. The van der Waals surface area contributed by atoms with Gasteiger partial charge in [-0.3, -0.25) is 0 Å². The number of piperidine rings is 1. The van der Waals surface area contributed by atoms with Crippen LogP contribution in [-0.4, -0.2) is 31.1 Å². The minimum Gasteiger partial charge on any atom is -0.494 e. The minimum atomic E-state index is -0.216. The van der Waals surface area contributed by atoms with Crippen molar-refractivity contribution in [3.8, 4) is 5.75 Å². The number of rotatable bonds is 8. The summed E-state index contributed by atoms with van der Waals surface area (Å²) in [6, 6.07) is 17.0. The van der Waals surface area contributed by atoms with Gasteiger partial charge in [-0.2, -0.15) is 0 Å². The van der Waals surface area contributed by atoms with Gasteiger partial charge in [0.2, 0.25) is 0 Å². The van der Waals surface area contributed by atoms with Crippen LogP contribution in [0.25, 0.3) is 0 Å². The summed E-state index contributed by atoms with van der Waals surface area (Å²) < 4.78 is 18.6. The van der Waals surface area contributed by atoms with Gasteiger partial charge in [-0.25, -0.2) is 4.39 Å². The molecule has 4 heteroatoms. The molecule has 2 nitrogen and oxygen atoms in total. The van der Waals surface area contributed by atoms with Gasteiger partial charge in [-0.05, 0) is 87.5 Å². The van der Waals surface area contributed by atoms with Gasteiger partial charge in [-0.15, -0.1) is 12.4 Å². The zero-order valence-electron chi connectivity index (χ0n) is 15.3. The molecule has 142 valence electrons. The Bertz CT molecular complexity index is 612. The summed E-state index contributed by atoms with van der Waals surface area (Å²) in [7, 11) is 0. The maximum absolute atomic E-state index is 12.9. The zero-order valence-corrected chi connectivity index (χ0v) is 16.1. The maximum atomic E-state index is 12.9. The van der Waals surface area contributed by atoms with E-state index in [1.54, 1.807) is 12.1 Å². The Labute approximate surface area is 162 Å². The summed E-state index contributed by atoms with van der Waals surface area (Å²) in [6.07, 6.45) is 6.03. The molecule has 2 aromatic rings. The Morgan fingerprint density at radius 1 is 0.962 bits per heavy atom. The average molecular weight is 378 g/mol. The quantitative estimate of drug-likeness (QED) is 0.613. The number of halogens is 2. The highest BCUT2D eigenvalue weighted by atomic mass is 35.5. The predicted molar refractivity (Wildman–Crippen MR) is 108 cm³/mol. The normalized spacial score (nSPS) is 15.4. The molecule has 0 radical (unpaired) electrons. The molecule has 1 saturated heterocycles. The summed E-state index contributed by atoms with van der Waals surface area (Å²) in [5.41, 5.74) is 1.44. The molecular weight excluding hydrogens is 349 g/mol. The largest absolute Gasteiger partial charge is 0.494 e. The van der Waals surface area contributed by atoms with Crippen molar-refractivity contribution in [2.45, 2.75) is 32.1 Å². The second-order valence-corrected chi connectivity index (χ2v) is 6.97. The van der Waals surface area contributed by atoms with E-state index in [1.165, 1.54) is 63.0 Å². The van der Waals surface area contributed by atoms with E-state index in [4.69, 9.17) is 4.74 Å². The van der Waals surface area contributed by atoms with Crippen molar-refractivity contribution in [2.75, 3.05) is 26.2 Å². The van der Waals surface area contributed by atoms with E-state index in [9.17, 15) is 4.39 Å². The molecule has 3 rings (SSSR count). The van der Waals surface area contributed by atoms with Gasteiger partial charge in [0.25, 0.3) is 0 Å². The smallest absolute Gasteiger partial charge is 0.123 e. The van der Waals surface area contributed by atoms with Crippen molar-refractivity contribution in [2.24, 2.45) is 5.92 Å².